The normalized spacial score (nSPS) is 14.6. The van der Waals surface area contributed by atoms with Crippen LogP contribution in [0.1, 0.15) is 10.4 Å². The zero-order chi connectivity index (χ0) is 26.4. The number of hydrogen-bond acceptors (Lipinski definition) is 9. The number of hydrogen-bond donors (Lipinski definition) is 2. The van der Waals surface area contributed by atoms with E-state index in [0.717, 1.165) is 6.07 Å². The van der Waals surface area contributed by atoms with E-state index < -0.39 is 17.5 Å². The molecule has 0 radical (unpaired) electrons. The van der Waals surface area contributed by atoms with Crippen LogP contribution in [0, 0.1) is 11.6 Å². The summed E-state index contributed by atoms with van der Waals surface area (Å²) in [5.41, 5.74) is 7.88. The number of imidazole rings is 1. The molecule has 1 fully saturated rings. The van der Waals surface area contributed by atoms with Gasteiger partial charge in [0.25, 0.3) is 5.91 Å². The molecule has 38 heavy (non-hydrogen) atoms. The van der Waals surface area contributed by atoms with Crippen LogP contribution in [0.5, 0.6) is 0 Å². The Balaban J connectivity index is 1.15. The number of aromatic nitrogens is 6. The summed E-state index contributed by atoms with van der Waals surface area (Å²) in [6.07, 6.45) is 3.24. The molecule has 1 aliphatic rings. The Kier molecular flexibility index (Phi) is 5.87. The van der Waals surface area contributed by atoms with Crippen molar-refractivity contribution in [2.45, 2.75) is 6.54 Å². The van der Waals surface area contributed by atoms with Crippen molar-refractivity contribution in [1.82, 2.24) is 39.3 Å². The van der Waals surface area contributed by atoms with Crippen molar-refractivity contribution in [1.29, 1.82) is 0 Å². The van der Waals surface area contributed by atoms with E-state index in [-0.39, 0.29) is 17.2 Å². The average molecular weight is 523 g/mol. The van der Waals surface area contributed by atoms with E-state index in [1.54, 1.807) is 24.7 Å². The third-order valence-corrected chi connectivity index (χ3v) is 6.69. The first-order chi connectivity index (χ1) is 18.4. The molecule has 6 rings (SSSR count). The molecule has 0 bridgehead atoms. The van der Waals surface area contributed by atoms with E-state index in [1.165, 1.54) is 17.6 Å². The van der Waals surface area contributed by atoms with Gasteiger partial charge in [-0.3, -0.25) is 9.69 Å². The average Bonchev–Trinajstić information content (AvgIpc) is 3.67. The Morgan fingerprint density at radius 2 is 1.92 bits per heavy atom. The number of nitrogens with zero attached hydrogens (tertiary/aromatic N) is 8. The minimum Gasteiger partial charge on any atom is -0.461 e. The predicted octanol–water partition coefficient (Wildman–Crippen LogP) is 1.78. The number of carbonyl (C=O) groups excluding carboxylic acids is 1. The van der Waals surface area contributed by atoms with Gasteiger partial charge in [0.05, 0.1) is 23.8 Å². The molecule has 1 aliphatic heterocycles. The van der Waals surface area contributed by atoms with Crippen LogP contribution in [0.4, 0.5) is 20.4 Å². The fourth-order valence-corrected chi connectivity index (χ4v) is 4.66. The van der Waals surface area contributed by atoms with Gasteiger partial charge in [-0.15, -0.1) is 5.10 Å². The Hall–Kier alpha value is -4.59. The molecule has 1 aromatic carbocycles. The van der Waals surface area contributed by atoms with E-state index in [4.69, 9.17) is 10.2 Å². The SMILES string of the molecule is CNC(=O)c1cc(N2CCN(CCn3cnc4c3nc(N)n3nc(-c5ccco5)nc43)CC2)c(F)cc1F. The first kappa shape index (κ1) is 23.8. The molecule has 5 heterocycles. The maximum Gasteiger partial charge on any atom is 0.254 e. The topological polar surface area (TPSA) is 136 Å². The predicted molar refractivity (Wildman–Crippen MR) is 135 cm³/mol. The molecule has 196 valence electrons. The summed E-state index contributed by atoms with van der Waals surface area (Å²) in [7, 11) is 1.41. The standard InChI is InChI=1S/C24H24F2N10O2/c1-28-23(37)14-11-17(16(26)12-15(14)25)34-7-4-33(5-8-34)6-9-35-13-29-19-21(35)31-24(27)36-22(19)30-20(32-36)18-3-2-10-38-18/h2-3,10-13H,4-9H2,1H3,(H2,27,31)(H,28,37). The molecule has 1 amide bonds. The number of amides is 1. The van der Waals surface area contributed by atoms with Gasteiger partial charge in [-0.1, -0.05) is 0 Å². The lowest BCUT2D eigenvalue weighted by atomic mass is 10.1. The van der Waals surface area contributed by atoms with Gasteiger partial charge >= 0.3 is 0 Å². The van der Waals surface area contributed by atoms with E-state index in [0.29, 0.717) is 67.7 Å². The Bertz CT molecular complexity index is 1640. The third-order valence-electron chi connectivity index (χ3n) is 6.69. The number of carbonyl (C=O) groups is 1. The summed E-state index contributed by atoms with van der Waals surface area (Å²) in [4.78, 5) is 29.5. The van der Waals surface area contributed by atoms with Crippen LogP contribution in [0.2, 0.25) is 0 Å². The largest absolute Gasteiger partial charge is 0.461 e. The summed E-state index contributed by atoms with van der Waals surface area (Å²) >= 11 is 0. The van der Waals surface area contributed by atoms with Crippen molar-refractivity contribution in [2.24, 2.45) is 0 Å². The molecule has 0 unspecified atom stereocenters. The van der Waals surface area contributed by atoms with Crippen LogP contribution in [-0.2, 0) is 6.54 Å². The minimum atomic E-state index is -0.883. The number of nitrogens with one attached hydrogen (secondary N) is 1. The van der Waals surface area contributed by atoms with E-state index >= 15 is 0 Å². The molecule has 14 heteroatoms. The molecule has 12 nitrogen and oxygen atoms in total. The summed E-state index contributed by atoms with van der Waals surface area (Å²) < 4.78 is 37.3. The number of fused-ring (bicyclic) bond motifs is 3. The Morgan fingerprint density at radius 1 is 1.11 bits per heavy atom. The highest BCUT2D eigenvalue weighted by atomic mass is 19.1. The van der Waals surface area contributed by atoms with Gasteiger partial charge in [-0.05, 0) is 18.2 Å². The Morgan fingerprint density at radius 3 is 2.66 bits per heavy atom. The zero-order valence-corrected chi connectivity index (χ0v) is 20.4. The Labute approximate surface area is 214 Å². The second kappa shape index (κ2) is 9.37. The van der Waals surface area contributed by atoms with E-state index in [9.17, 15) is 13.6 Å². The molecule has 4 aromatic heterocycles. The monoisotopic (exact) mass is 522 g/mol. The molecule has 0 spiro atoms. The highest BCUT2D eigenvalue weighted by Gasteiger charge is 2.23. The molecule has 0 saturated carbocycles. The molecule has 0 aliphatic carbocycles. The second-order valence-corrected chi connectivity index (χ2v) is 8.92. The lowest BCUT2D eigenvalue weighted by molar-refractivity contribution is 0.0959. The van der Waals surface area contributed by atoms with E-state index in [1.807, 2.05) is 9.47 Å². The number of nitrogens with two attached hydrogens (primary N) is 1. The number of furan rings is 1. The molecule has 1 saturated heterocycles. The lowest BCUT2D eigenvalue weighted by Crippen LogP contribution is -2.47. The van der Waals surface area contributed by atoms with Crippen molar-refractivity contribution < 1.29 is 18.0 Å². The summed E-state index contributed by atoms with van der Waals surface area (Å²) in [5.74, 6) is -1.07. The van der Waals surface area contributed by atoms with Gasteiger partial charge in [-0.2, -0.15) is 9.50 Å². The number of nitrogen functional groups attached to an aromatic ring is 1. The van der Waals surface area contributed by atoms with Crippen LogP contribution in [0.3, 0.4) is 0 Å². The number of halogens is 2. The van der Waals surface area contributed by atoms with Crippen LogP contribution in [0.15, 0.2) is 41.3 Å². The molecule has 5 aromatic rings. The van der Waals surface area contributed by atoms with Crippen molar-refractivity contribution >= 4 is 34.4 Å². The number of benzene rings is 1. The van der Waals surface area contributed by atoms with E-state index in [2.05, 4.69) is 30.3 Å². The maximum atomic E-state index is 14.5. The molecular weight excluding hydrogens is 498 g/mol. The highest BCUT2D eigenvalue weighted by Crippen LogP contribution is 2.26. The molecular formula is C24H24F2N10O2. The quantitative estimate of drug-likeness (QED) is 0.342. The van der Waals surface area contributed by atoms with Crippen molar-refractivity contribution in [3.63, 3.8) is 0 Å². The van der Waals surface area contributed by atoms with Gasteiger partial charge in [0.2, 0.25) is 11.8 Å². The fraction of sp³-hybridized carbons (Fsp3) is 0.292. The smallest absolute Gasteiger partial charge is 0.254 e. The number of rotatable bonds is 6. The lowest BCUT2D eigenvalue weighted by Gasteiger charge is -2.36. The van der Waals surface area contributed by atoms with Crippen molar-refractivity contribution in [3.05, 3.63) is 54.1 Å². The number of anilines is 2. The third kappa shape index (κ3) is 4.08. The van der Waals surface area contributed by atoms with Gasteiger partial charge < -0.3 is 24.9 Å². The van der Waals surface area contributed by atoms with Crippen LogP contribution in [-0.4, -0.2) is 79.7 Å². The minimum absolute atomic E-state index is 0.178. The maximum absolute atomic E-state index is 14.5. The van der Waals surface area contributed by atoms with Gasteiger partial charge in [0, 0.05) is 52.4 Å². The second-order valence-electron chi connectivity index (χ2n) is 8.92. The molecule has 0 atom stereocenters. The first-order valence-corrected chi connectivity index (χ1v) is 12.0. The summed E-state index contributed by atoms with van der Waals surface area (Å²) in [6, 6.07) is 5.55. The van der Waals surface area contributed by atoms with Crippen LogP contribution >= 0.6 is 0 Å². The van der Waals surface area contributed by atoms with Crippen molar-refractivity contribution in [2.75, 3.05) is 50.4 Å². The van der Waals surface area contributed by atoms with Crippen molar-refractivity contribution in [3.8, 4) is 11.6 Å². The summed E-state index contributed by atoms with van der Waals surface area (Å²) in [6.45, 7) is 3.68. The van der Waals surface area contributed by atoms with Gasteiger partial charge in [0.15, 0.2) is 22.6 Å². The summed E-state index contributed by atoms with van der Waals surface area (Å²) in [5, 5.41) is 6.77. The van der Waals surface area contributed by atoms with Crippen LogP contribution in [0.25, 0.3) is 28.4 Å². The molecule has 3 N–H and O–H groups in total. The van der Waals surface area contributed by atoms with Crippen LogP contribution < -0.4 is 16.0 Å². The zero-order valence-electron chi connectivity index (χ0n) is 20.4. The number of piperazine rings is 1. The first-order valence-electron chi connectivity index (χ1n) is 12.0. The fourth-order valence-electron chi connectivity index (χ4n) is 4.66. The highest BCUT2D eigenvalue weighted by molar-refractivity contribution is 5.95. The van der Waals surface area contributed by atoms with Gasteiger partial charge in [0.1, 0.15) is 11.6 Å². The van der Waals surface area contributed by atoms with Gasteiger partial charge in [-0.25, -0.2) is 18.7 Å².